The number of anilines is 1. The van der Waals surface area contributed by atoms with Gasteiger partial charge in [0.25, 0.3) is 24.4 Å². The van der Waals surface area contributed by atoms with Crippen molar-refractivity contribution in [2.24, 2.45) is 5.73 Å². The van der Waals surface area contributed by atoms with Crippen LogP contribution in [0.3, 0.4) is 0 Å². The maximum Gasteiger partial charge on any atom is 0.436 e. The molecule has 0 saturated carbocycles. The molecule has 0 aliphatic heterocycles. The number of aromatic nitrogens is 3. The lowest BCUT2D eigenvalue weighted by atomic mass is 10.0. The molecule has 8 nitrogen and oxygen atoms in total. The van der Waals surface area contributed by atoms with Gasteiger partial charge in [0.15, 0.2) is 5.82 Å². The maximum atomic E-state index is 13.9. The molecule has 2 aromatic carbocycles. The Morgan fingerprint density at radius 1 is 1.08 bits per heavy atom. The number of alkyl halides is 5. The normalized spacial score (nSPS) is 12.5. The Bertz CT molecular complexity index is 1550. The number of nitrogens with two attached hydrogens (primary N) is 1. The van der Waals surface area contributed by atoms with Crippen molar-refractivity contribution in [3.63, 3.8) is 0 Å². The molecular formula is C23H14Cl2F5N5O3. The molecule has 1 atom stereocenters. The van der Waals surface area contributed by atoms with Gasteiger partial charge in [0.05, 0.1) is 21.3 Å². The summed E-state index contributed by atoms with van der Waals surface area (Å²) in [7, 11) is 0. The van der Waals surface area contributed by atoms with Crippen LogP contribution in [0.15, 0.2) is 54.7 Å². The molecule has 198 valence electrons. The number of halogens is 7. The number of carbonyl (C=O) groups excluding carboxylic acids is 2. The van der Waals surface area contributed by atoms with Crippen molar-refractivity contribution in [3.8, 4) is 11.7 Å². The number of rotatable bonds is 8. The minimum atomic E-state index is -5.00. The number of pyridine rings is 1. The van der Waals surface area contributed by atoms with Gasteiger partial charge in [0.2, 0.25) is 5.88 Å². The molecular weight excluding hydrogens is 560 g/mol. The molecule has 0 spiro atoms. The Balaban J connectivity index is 1.81. The zero-order valence-electron chi connectivity index (χ0n) is 18.6. The summed E-state index contributed by atoms with van der Waals surface area (Å²) in [6, 6.07) is 11.4. The Kier molecular flexibility index (Phi) is 7.42. The summed E-state index contributed by atoms with van der Waals surface area (Å²) in [4.78, 5) is 29.4. The third-order valence-electron chi connectivity index (χ3n) is 5.13. The zero-order chi connectivity index (χ0) is 27.8. The first-order valence-corrected chi connectivity index (χ1v) is 11.2. The van der Waals surface area contributed by atoms with Gasteiger partial charge in [-0.15, -0.1) is 5.10 Å². The van der Waals surface area contributed by atoms with E-state index >= 15 is 0 Å². The smallest absolute Gasteiger partial charge is 0.411 e. The molecule has 2 amide bonds. The van der Waals surface area contributed by atoms with Crippen LogP contribution in [-0.2, 0) is 0 Å². The third-order valence-corrected chi connectivity index (χ3v) is 5.82. The highest BCUT2D eigenvalue weighted by Crippen LogP contribution is 2.36. The Labute approximate surface area is 220 Å². The van der Waals surface area contributed by atoms with Gasteiger partial charge in [0, 0.05) is 17.6 Å². The number of nitrogens with one attached hydrogen (secondary N) is 1. The van der Waals surface area contributed by atoms with E-state index in [4.69, 9.17) is 28.9 Å². The van der Waals surface area contributed by atoms with Crippen molar-refractivity contribution in [3.05, 3.63) is 76.0 Å². The maximum absolute atomic E-state index is 13.9. The van der Waals surface area contributed by atoms with Crippen LogP contribution in [0.4, 0.5) is 27.6 Å². The first kappa shape index (κ1) is 27.1. The second-order valence-corrected chi connectivity index (χ2v) is 8.43. The molecule has 0 fully saturated rings. The lowest BCUT2D eigenvalue weighted by molar-refractivity contribution is -0.246. The highest BCUT2D eigenvalue weighted by Gasteiger charge is 2.49. The van der Waals surface area contributed by atoms with Crippen LogP contribution in [0.1, 0.15) is 20.8 Å². The van der Waals surface area contributed by atoms with Crippen LogP contribution in [0.25, 0.3) is 16.6 Å². The molecule has 3 N–H and O–H groups in total. The van der Waals surface area contributed by atoms with Crippen molar-refractivity contribution in [1.29, 1.82) is 0 Å². The van der Waals surface area contributed by atoms with E-state index in [-0.39, 0.29) is 27.1 Å². The van der Waals surface area contributed by atoms with E-state index in [0.29, 0.717) is 21.5 Å². The third kappa shape index (κ3) is 5.20. The van der Waals surface area contributed by atoms with Gasteiger partial charge in [-0.3, -0.25) is 9.59 Å². The summed E-state index contributed by atoms with van der Waals surface area (Å²) in [6.45, 7) is 0. The molecule has 0 bridgehead atoms. The van der Waals surface area contributed by atoms with E-state index in [1.54, 1.807) is 24.3 Å². The average molecular weight is 574 g/mol. The predicted molar refractivity (Wildman–Crippen MR) is 128 cm³/mol. The van der Waals surface area contributed by atoms with Crippen molar-refractivity contribution in [1.82, 2.24) is 14.8 Å². The summed E-state index contributed by atoms with van der Waals surface area (Å²) in [5.74, 6) is -3.39. The second kappa shape index (κ2) is 10.4. The Morgan fingerprint density at radius 2 is 1.79 bits per heavy atom. The van der Waals surface area contributed by atoms with Crippen LogP contribution in [0, 0.1) is 0 Å². The predicted octanol–water partition coefficient (Wildman–Crippen LogP) is 5.65. The SMILES string of the molecule is NC(=O)c1cc2ccccc2c(Cl)c1NC(=O)c1cc(OC(F)(F)C(F)C(F)F)nn1-c1ncccc1Cl. The molecule has 0 radical (unpaired) electrons. The van der Waals surface area contributed by atoms with Crippen molar-refractivity contribution < 1.29 is 36.3 Å². The van der Waals surface area contributed by atoms with E-state index in [2.05, 4.69) is 20.1 Å². The molecule has 4 rings (SSSR count). The number of amides is 2. The standard InChI is InChI=1S/C23H14Cl2F5N5O3/c24-13-6-3-7-32-21(13)35-14(9-15(34-35)38-23(29,30)18(26)19(27)28)22(37)33-17-12(20(31)36)8-10-4-1-2-5-11(10)16(17)25/h1-9,18-19H,(H2,31,36)(H,33,37). The molecule has 1 unspecified atom stereocenters. The van der Waals surface area contributed by atoms with Gasteiger partial charge in [0.1, 0.15) is 5.69 Å². The van der Waals surface area contributed by atoms with Crippen molar-refractivity contribution in [2.45, 2.75) is 18.7 Å². The Morgan fingerprint density at radius 3 is 2.45 bits per heavy atom. The van der Waals surface area contributed by atoms with Gasteiger partial charge in [-0.05, 0) is 23.6 Å². The number of fused-ring (bicyclic) bond motifs is 1. The van der Waals surface area contributed by atoms with Crippen LogP contribution >= 0.6 is 23.2 Å². The number of carbonyl (C=O) groups is 2. The van der Waals surface area contributed by atoms with Gasteiger partial charge in [-0.1, -0.05) is 47.5 Å². The lowest BCUT2D eigenvalue weighted by Crippen LogP contribution is -2.41. The monoisotopic (exact) mass is 573 g/mol. The van der Waals surface area contributed by atoms with Crippen LogP contribution in [-0.4, -0.2) is 45.3 Å². The highest BCUT2D eigenvalue weighted by atomic mass is 35.5. The largest absolute Gasteiger partial charge is 0.436 e. The summed E-state index contributed by atoms with van der Waals surface area (Å²) < 4.78 is 71.1. The van der Waals surface area contributed by atoms with E-state index in [1.165, 1.54) is 24.4 Å². The quantitative estimate of drug-likeness (QED) is 0.264. The molecule has 38 heavy (non-hydrogen) atoms. The fourth-order valence-corrected chi connectivity index (χ4v) is 3.93. The molecule has 2 aromatic heterocycles. The van der Waals surface area contributed by atoms with Crippen LogP contribution < -0.4 is 15.8 Å². The number of nitrogens with zero attached hydrogens (tertiary/aromatic N) is 3. The second-order valence-electron chi connectivity index (χ2n) is 7.64. The molecule has 15 heteroatoms. The minimum absolute atomic E-state index is 0.0626. The molecule has 2 heterocycles. The van der Waals surface area contributed by atoms with Crippen molar-refractivity contribution in [2.75, 3.05) is 5.32 Å². The highest BCUT2D eigenvalue weighted by molar-refractivity contribution is 6.40. The average Bonchev–Trinajstić information content (AvgIpc) is 3.28. The van der Waals surface area contributed by atoms with E-state index in [0.717, 1.165) is 0 Å². The fraction of sp³-hybridized carbons (Fsp3) is 0.130. The topological polar surface area (TPSA) is 112 Å². The number of primary amides is 1. The molecule has 0 aliphatic carbocycles. The first-order chi connectivity index (χ1) is 17.9. The molecule has 0 saturated heterocycles. The fourth-order valence-electron chi connectivity index (χ4n) is 3.41. The van der Waals surface area contributed by atoms with Gasteiger partial charge >= 0.3 is 6.11 Å². The lowest BCUT2D eigenvalue weighted by Gasteiger charge is -2.19. The Hall–Kier alpha value is -3.97. The van der Waals surface area contributed by atoms with Crippen LogP contribution in [0.5, 0.6) is 5.88 Å². The number of benzene rings is 2. The summed E-state index contributed by atoms with van der Waals surface area (Å²) in [5, 5.41) is 6.83. The summed E-state index contributed by atoms with van der Waals surface area (Å²) in [6.07, 6.45) is -11.8. The summed E-state index contributed by atoms with van der Waals surface area (Å²) in [5.41, 5.74) is 4.51. The van der Waals surface area contributed by atoms with Gasteiger partial charge in [-0.25, -0.2) is 22.8 Å². The van der Waals surface area contributed by atoms with E-state index in [9.17, 15) is 31.5 Å². The minimum Gasteiger partial charge on any atom is -0.411 e. The molecule has 0 aliphatic rings. The van der Waals surface area contributed by atoms with E-state index in [1.807, 2.05) is 0 Å². The molecule has 4 aromatic rings. The van der Waals surface area contributed by atoms with Gasteiger partial charge < -0.3 is 15.8 Å². The number of hydrogen-bond donors (Lipinski definition) is 2. The van der Waals surface area contributed by atoms with E-state index < -0.39 is 42.1 Å². The summed E-state index contributed by atoms with van der Waals surface area (Å²) >= 11 is 12.5. The first-order valence-electron chi connectivity index (χ1n) is 10.4. The van der Waals surface area contributed by atoms with Crippen molar-refractivity contribution >= 4 is 51.5 Å². The zero-order valence-corrected chi connectivity index (χ0v) is 20.2. The van der Waals surface area contributed by atoms with Gasteiger partial charge in [-0.2, -0.15) is 8.78 Å². The number of ether oxygens (including phenoxy) is 1. The van der Waals surface area contributed by atoms with Crippen LogP contribution in [0.2, 0.25) is 10.0 Å². The number of hydrogen-bond acceptors (Lipinski definition) is 5.